The number of ether oxygens (including phenoxy) is 1. The lowest BCUT2D eigenvalue weighted by Gasteiger charge is -2.39. The van der Waals surface area contributed by atoms with Gasteiger partial charge >= 0.3 is 0 Å². The monoisotopic (exact) mass is 198 g/mol. The summed E-state index contributed by atoms with van der Waals surface area (Å²) in [5, 5.41) is 0. The van der Waals surface area contributed by atoms with E-state index in [4.69, 9.17) is 4.74 Å². The largest absolute Gasteiger partial charge is 0.381 e. The van der Waals surface area contributed by atoms with Crippen LogP contribution in [0.5, 0.6) is 0 Å². The molecule has 1 saturated heterocycles. The summed E-state index contributed by atoms with van der Waals surface area (Å²) in [6.07, 6.45) is 1.41. The maximum atomic E-state index is 5.58. The Morgan fingerprint density at radius 1 is 0.857 bits per heavy atom. The van der Waals surface area contributed by atoms with Gasteiger partial charge in [0, 0.05) is 0 Å². The minimum absolute atomic E-state index is 0.865. The van der Waals surface area contributed by atoms with Gasteiger partial charge in [0.05, 0.1) is 13.2 Å². The van der Waals surface area contributed by atoms with Gasteiger partial charge in [-0.15, -0.1) is 0 Å². The fourth-order valence-corrected chi connectivity index (χ4v) is 3.11. The maximum Gasteiger partial charge on any atom is 0.0500 e. The summed E-state index contributed by atoms with van der Waals surface area (Å²) in [5.74, 6) is 4.42. The Hall–Kier alpha value is -0.0400. The second kappa shape index (κ2) is 5.16. The van der Waals surface area contributed by atoms with Gasteiger partial charge < -0.3 is 4.74 Å². The molecule has 84 valence electrons. The average molecular weight is 198 g/mol. The van der Waals surface area contributed by atoms with Crippen molar-refractivity contribution in [3.05, 3.63) is 0 Å². The molecular formula is C13H26O. The summed E-state index contributed by atoms with van der Waals surface area (Å²) in [5.41, 5.74) is 0. The highest BCUT2D eigenvalue weighted by Gasteiger charge is 2.42. The lowest BCUT2D eigenvalue weighted by atomic mass is 9.65. The fraction of sp³-hybridized carbons (Fsp3) is 1.00. The Morgan fingerprint density at radius 2 is 1.43 bits per heavy atom. The van der Waals surface area contributed by atoms with Crippen LogP contribution in [0.3, 0.4) is 0 Å². The highest BCUT2D eigenvalue weighted by molar-refractivity contribution is 4.89. The van der Waals surface area contributed by atoms with Crippen molar-refractivity contribution in [2.45, 2.75) is 41.0 Å². The molecular weight excluding hydrogens is 172 g/mol. The third-order valence-corrected chi connectivity index (χ3v) is 4.22. The molecule has 0 bridgehead atoms. The van der Waals surface area contributed by atoms with Crippen LogP contribution in [0.4, 0.5) is 0 Å². The molecule has 0 aromatic carbocycles. The molecule has 5 unspecified atom stereocenters. The van der Waals surface area contributed by atoms with E-state index in [9.17, 15) is 0 Å². The predicted octanol–water partition coefficient (Wildman–Crippen LogP) is 3.59. The van der Waals surface area contributed by atoms with Gasteiger partial charge in [0.2, 0.25) is 0 Å². The molecule has 14 heavy (non-hydrogen) atoms. The molecule has 1 nitrogen and oxygen atoms in total. The summed E-state index contributed by atoms with van der Waals surface area (Å²) >= 11 is 0. The molecule has 2 rings (SSSR count). The zero-order valence-electron chi connectivity index (χ0n) is 10.4. The topological polar surface area (TPSA) is 9.23 Å². The van der Waals surface area contributed by atoms with Gasteiger partial charge in [-0.2, -0.15) is 0 Å². The first-order valence-corrected chi connectivity index (χ1v) is 6.28. The lowest BCUT2D eigenvalue weighted by molar-refractivity contribution is 0.0984. The Balaban J connectivity index is 0.000000461. The summed E-state index contributed by atoms with van der Waals surface area (Å²) in [6, 6.07) is 0. The smallest absolute Gasteiger partial charge is 0.0500 e. The maximum absolute atomic E-state index is 5.58. The number of hydrogen-bond donors (Lipinski definition) is 0. The molecule has 0 aromatic rings. The third-order valence-electron chi connectivity index (χ3n) is 4.22. The van der Waals surface area contributed by atoms with E-state index in [-0.39, 0.29) is 0 Å². The summed E-state index contributed by atoms with van der Waals surface area (Å²) in [7, 11) is 0. The van der Waals surface area contributed by atoms with Gasteiger partial charge in [0.25, 0.3) is 0 Å². The Bertz CT molecular complexity index is 167. The van der Waals surface area contributed by atoms with Gasteiger partial charge in [-0.05, 0) is 36.0 Å². The van der Waals surface area contributed by atoms with Crippen LogP contribution in [-0.2, 0) is 4.74 Å². The van der Waals surface area contributed by atoms with Gasteiger partial charge in [0.1, 0.15) is 0 Å². The van der Waals surface area contributed by atoms with Crippen LogP contribution in [0, 0.1) is 29.6 Å². The standard InChI is InChI=1S/C11H20O.C2H6/c1-7-4-8(2)10-5-12-6-11(10)9(7)3;1-2/h7-11H,4-6H2,1-3H3;1-2H3. The highest BCUT2D eigenvalue weighted by Crippen LogP contribution is 2.44. The quantitative estimate of drug-likeness (QED) is 0.578. The van der Waals surface area contributed by atoms with Crippen LogP contribution < -0.4 is 0 Å². The zero-order chi connectivity index (χ0) is 10.7. The van der Waals surface area contributed by atoms with Crippen molar-refractivity contribution in [2.24, 2.45) is 29.6 Å². The first-order chi connectivity index (χ1) is 6.70. The second-order valence-electron chi connectivity index (χ2n) is 4.91. The van der Waals surface area contributed by atoms with Crippen molar-refractivity contribution < 1.29 is 4.74 Å². The van der Waals surface area contributed by atoms with E-state index in [1.807, 2.05) is 13.8 Å². The molecule has 1 heteroatoms. The SMILES string of the molecule is CC.CC1CC(C)C2COCC2C1C. The van der Waals surface area contributed by atoms with Crippen molar-refractivity contribution in [3.8, 4) is 0 Å². The summed E-state index contributed by atoms with van der Waals surface area (Å²) in [6.45, 7) is 13.3. The third kappa shape index (κ3) is 2.13. The highest BCUT2D eigenvalue weighted by atomic mass is 16.5. The van der Waals surface area contributed by atoms with E-state index in [0.717, 1.165) is 42.8 Å². The molecule has 0 radical (unpaired) electrons. The van der Waals surface area contributed by atoms with E-state index in [1.54, 1.807) is 0 Å². The van der Waals surface area contributed by atoms with Crippen LogP contribution >= 0.6 is 0 Å². The zero-order valence-corrected chi connectivity index (χ0v) is 10.4. The van der Waals surface area contributed by atoms with Gasteiger partial charge in [0.15, 0.2) is 0 Å². The number of hydrogen-bond acceptors (Lipinski definition) is 1. The van der Waals surface area contributed by atoms with E-state index >= 15 is 0 Å². The Morgan fingerprint density at radius 3 is 2.07 bits per heavy atom. The van der Waals surface area contributed by atoms with Crippen LogP contribution in [0.25, 0.3) is 0 Å². The summed E-state index contributed by atoms with van der Waals surface area (Å²) in [4.78, 5) is 0. The first kappa shape index (κ1) is 12.0. The van der Waals surface area contributed by atoms with Crippen LogP contribution in [0.2, 0.25) is 0 Å². The molecule has 1 aliphatic heterocycles. The van der Waals surface area contributed by atoms with E-state index in [2.05, 4.69) is 20.8 Å². The minimum Gasteiger partial charge on any atom is -0.381 e. The molecule has 1 heterocycles. The molecule has 2 aliphatic rings. The van der Waals surface area contributed by atoms with Crippen molar-refractivity contribution in [1.29, 1.82) is 0 Å². The van der Waals surface area contributed by atoms with E-state index in [0.29, 0.717) is 0 Å². The summed E-state index contributed by atoms with van der Waals surface area (Å²) < 4.78 is 5.58. The van der Waals surface area contributed by atoms with Crippen molar-refractivity contribution in [1.82, 2.24) is 0 Å². The molecule has 1 saturated carbocycles. The van der Waals surface area contributed by atoms with Crippen molar-refractivity contribution in [3.63, 3.8) is 0 Å². The minimum atomic E-state index is 0.865. The lowest BCUT2D eigenvalue weighted by Crippen LogP contribution is -2.35. The van der Waals surface area contributed by atoms with Crippen LogP contribution in [0.15, 0.2) is 0 Å². The fourth-order valence-electron chi connectivity index (χ4n) is 3.11. The first-order valence-electron chi connectivity index (χ1n) is 6.28. The number of rotatable bonds is 0. The van der Waals surface area contributed by atoms with Gasteiger partial charge in [-0.25, -0.2) is 0 Å². The normalized spacial score (nSPS) is 46.5. The average Bonchev–Trinajstić information content (AvgIpc) is 2.67. The van der Waals surface area contributed by atoms with Crippen LogP contribution in [0.1, 0.15) is 41.0 Å². The molecule has 1 aliphatic carbocycles. The molecule has 0 spiro atoms. The van der Waals surface area contributed by atoms with Crippen LogP contribution in [-0.4, -0.2) is 13.2 Å². The molecule has 2 fully saturated rings. The van der Waals surface area contributed by atoms with Gasteiger partial charge in [-0.1, -0.05) is 34.6 Å². The van der Waals surface area contributed by atoms with Crippen molar-refractivity contribution >= 4 is 0 Å². The molecule has 0 aromatic heterocycles. The number of fused-ring (bicyclic) bond motifs is 1. The Labute approximate surface area is 89.2 Å². The van der Waals surface area contributed by atoms with Gasteiger partial charge in [-0.3, -0.25) is 0 Å². The van der Waals surface area contributed by atoms with E-state index < -0.39 is 0 Å². The second-order valence-corrected chi connectivity index (χ2v) is 4.91. The predicted molar refractivity (Wildman–Crippen MR) is 61.3 cm³/mol. The molecule has 0 amide bonds. The van der Waals surface area contributed by atoms with Crippen molar-refractivity contribution in [2.75, 3.05) is 13.2 Å². The molecule has 5 atom stereocenters. The molecule has 0 N–H and O–H groups in total. The Kier molecular flexibility index (Phi) is 4.43. The van der Waals surface area contributed by atoms with E-state index in [1.165, 1.54) is 6.42 Å².